The maximum absolute atomic E-state index is 12.0. The van der Waals surface area contributed by atoms with Gasteiger partial charge >= 0.3 is 5.97 Å². The zero-order valence-corrected chi connectivity index (χ0v) is 13.8. The molecule has 21 heavy (non-hydrogen) atoms. The zero-order valence-electron chi connectivity index (χ0n) is 12.1. The van der Waals surface area contributed by atoms with Crippen LogP contribution in [0.5, 0.6) is 0 Å². The first kappa shape index (κ1) is 18.2. The number of sulfonamides is 1. The third-order valence-corrected chi connectivity index (χ3v) is 5.44. The Morgan fingerprint density at radius 2 is 1.86 bits per heavy atom. The SMILES string of the molecule is COC(=O)C(N)CSCC(=O)N1CCN(S(C)(=O)=O)CC1. The van der Waals surface area contributed by atoms with Gasteiger partial charge in [-0.05, 0) is 0 Å². The molecule has 2 N–H and O–H groups in total. The Morgan fingerprint density at radius 3 is 2.33 bits per heavy atom. The van der Waals surface area contributed by atoms with Crippen molar-refractivity contribution in [3.05, 3.63) is 0 Å². The van der Waals surface area contributed by atoms with Crippen LogP contribution in [0, 0.1) is 0 Å². The van der Waals surface area contributed by atoms with E-state index in [0.29, 0.717) is 31.9 Å². The quantitative estimate of drug-likeness (QED) is 0.576. The first-order valence-corrected chi connectivity index (χ1v) is 9.40. The van der Waals surface area contributed by atoms with Crippen LogP contribution >= 0.6 is 11.8 Å². The highest BCUT2D eigenvalue weighted by molar-refractivity contribution is 8.00. The molecule has 1 amide bonds. The topological polar surface area (TPSA) is 110 Å². The van der Waals surface area contributed by atoms with Gasteiger partial charge in [0.2, 0.25) is 15.9 Å². The standard InChI is InChI=1S/C11H21N3O5S2/c1-19-11(16)9(12)7-20-8-10(15)13-3-5-14(6-4-13)21(2,17)18/h9H,3-8,12H2,1-2H3. The van der Waals surface area contributed by atoms with E-state index in [1.165, 1.54) is 23.2 Å². The molecule has 1 atom stereocenters. The van der Waals surface area contributed by atoms with E-state index in [2.05, 4.69) is 4.74 Å². The first-order valence-electron chi connectivity index (χ1n) is 6.39. The number of hydrogen-bond acceptors (Lipinski definition) is 7. The number of carbonyl (C=O) groups is 2. The second-order valence-electron chi connectivity index (χ2n) is 4.69. The Morgan fingerprint density at radius 1 is 1.29 bits per heavy atom. The summed E-state index contributed by atoms with van der Waals surface area (Å²) in [6.45, 7) is 1.40. The number of piperazine rings is 1. The number of hydrogen-bond donors (Lipinski definition) is 1. The Hall–Kier alpha value is -0.840. The highest BCUT2D eigenvalue weighted by Crippen LogP contribution is 2.09. The van der Waals surface area contributed by atoms with E-state index in [0.717, 1.165) is 6.26 Å². The van der Waals surface area contributed by atoms with E-state index < -0.39 is 22.0 Å². The van der Waals surface area contributed by atoms with Crippen LogP contribution in [-0.4, -0.2) is 86.6 Å². The molecule has 8 nitrogen and oxygen atoms in total. The van der Waals surface area contributed by atoms with Gasteiger partial charge in [-0.2, -0.15) is 4.31 Å². The third-order valence-electron chi connectivity index (χ3n) is 3.09. The van der Waals surface area contributed by atoms with Gasteiger partial charge in [0.05, 0.1) is 19.1 Å². The molecule has 10 heteroatoms. The minimum Gasteiger partial charge on any atom is -0.468 e. The molecule has 0 aromatic heterocycles. The maximum Gasteiger partial charge on any atom is 0.323 e. The molecule has 0 bridgehead atoms. The largest absolute Gasteiger partial charge is 0.468 e. The van der Waals surface area contributed by atoms with E-state index in [9.17, 15) is 18.0 Å². The number of thioether (sulfide) groups is 1. The van der Waals surface area contributed by atoms with Gasteiger partial charge in [0.1, 0.15) is 6.04 Å². The fourth-order valence-corrected chi connectivity index (χ4v) is 3.54. The van der Waals surface area contributed by atoms with Gasteiger partial charge in [0, 0.05) is 31.9 Å². The molecule has 0 saturated carbocycles. The second-order valence-corrected chi connectivity index (χ2v) is 7.70. The molecule has 0 radical (unpaired) electrons. The maximum atomic E-state index is 12.0. The monoisotopic (exact) mass is 339 g/mol. The third kappa shape index (κ3) is 5.81. The summed E-state index contributed by atoms with van der Waals surface area (Å²) in [5.41, 5.74) is 5.56. The van der Waals surface area contributed by atoms with Crippen LogP contribution < -0.4 is 5.73 Å². The van der Waals surface area contributed by atoms with Crippen LogP contribution in [0.4, 0.5) is 0 Å². The van der Waals surface area contributed by atoms with Crippen LogP contribution in [0.2, 0.25) is 0 Å². The molecular weight excluding hydrogens is 318 g/mol. The van der Waals surface area contributed by atoms with Crippen molar-refractivity contribution in [3.8, 4) is 0 Å². The molecular formula is C11H21N3O5S2. The van der Waals surface area contributed by atoms with Crippen molar-refractivity contribution in [2.75, 3.05) is 51.1 Å². The fraction of sp³-hybridized carbons (Fsp3) is 0.818. The number of methoxy groups -OCH3 is 1. The number of esters is 1. The van der Waals surface area contributed by atoms with E-state index in [4.69, 9.17) is 5.73 Å². The van der Waals surface area contributed by atoms with Gasteiger partial charge in [0.15, 0.2) is 0 Å². The van der Waals surface area contributed by atoms with Gasteiger partial charge in [-0.15, -0.1) is 11.8 Å². The summed E-state index contributed by atoms with van der Waals surface area (Å²) in [5.74, 6) is -0.0624. The lowest BCUT2D eigenvalue weighted by atomic mass is 10.3. The Balaban J connectivity index is 2.30. The van der Waals surface area contributed by atoms with Crippen molar-refractivity contribution in [1.29, 1.82) is 0 Å². The lowest BCUT2D eigenvalue weighted by molar-refractivity contribution is -0.141. The molecule has 1 fully saturated rings. The lowest BCUT2D eigenvalue weighted by Crippen LogP contribution is -2.50. The number of amides is 1. The van der Waals surface area contributed by atoms with Crippen LogP contribution in [-0.2, 0) is 24.3 Å². The van der Waals surface area contributed by atoms with E-state index in [-0.39, 0.29) is 11.7 Å². The van der Waals surface area contributed by atoms with Crippen LogP contribution in [0.25, 0.3) is 0 Å². The average molecular weight is 339 g/mol. The Labute approximate surface area is 129 Å². The minimum absolute atomic E-state index is 0.0785. The summed E-state index contributed by atoms with van der Waals surface area (Å²) in [4.78, 5) is 24.7. The van der Waals surface area contributed by atoms with Crippen molar-refractivity contribution >= 4 is 33.7 Å². The highest BCUT2D eigenvalue weighted by Gasteiger charge is 2.26. The van der Waals surface area contributed by atoms with E-state index in [1.807, 2.05) is 0 Å². The van der Waals surface area contributed by atoms with Crippen LogP contribution in [0.3, 0.4) is 0 Å². The smallest absolute Gasteiger partial charge is 0.323 e. The average Bonchev–Trinajstić information content (AvgIpc) is 2.45. The van der Waals surface area contributed by atoms with Crippen molar-refractivity contribution in [2.24, 2.45) is 5.73 Å². The summed E-state index contributed by atoms with van der Waals surface area (Å²) in [6, 6.07) is -0.741. The molecule has 1 aliphatic rings. The number of nitrogens with zero attached hydrogens (tertiary/aromatic N) is 2. The molecule has 1 unspecified atom stereocenters. The highest BCUT2D eigenvalue weighted by atomic mass is 32.2. The second kappa shape index (κ2) is 7.97. The fourth-order valence-electron chi connectivity index (χ4n) is 1.85. The summed E-state index contributed by atoms with van der Waals surface area (Å²) in [5, 5.41) is 0. The van der Waals surface area contributed by atoms with Crippen LogP contribution in [0.15, 0.2) is 0 Å². The number of rotatable bonds is 6. The summed E-state index contributed by atoms with van der Waals surface area (Å²) in [7, 11) is -1.93. The number of ether oxygens (including phenoxy) is 1. The van der Waals surface area contributed by atoms with Gasteiger partial charge in [0.25, 0.3) is 0 Å². The zero-order chi connectivity index (χ0) is 16.0. The molecule has 1 rings (SSSR count). The molecule has 1 saturated heterocycles. The lowest BCUT2D eigenvalue weighted by Gasteiger charge is -2.33. The van der Waals surface area contributed by atoms with E-state index >= 15 is 0 Å². The molecule has 0 aromatic carbocycles. The van der Waals surface area contributed by atoms with Gasteiger partial charge in [-0.25, -0.2) is 8.42 Å². The minimum atomic E-state index is -3.19. The van der Waals surface area contributed by atoms with Crippen molar-refractivity contribution < 1.29 is 22.7 Å². The summed E-state index contributed by atoms with van der Waals surface area (Å²) < 4.78 is 28.6. The van der Waals surface area contributed by atoms with Crippen LogP contribution in [0.1, 0.15) is 0 Å². The summed E-state index contributed by atoms with van der Waals surface area (Å²) >= 11 is 1.26. The van der Waals surface area contributed by atoms with Crippen molar-refractivity contribution in [3.63, 3.8) is 0 Å². The van der Waals surface area contributed by atoms with E-state index in [1.54, 1.807) is 4.90 Å². The molecule has 0 spiro atoms. The van der Waals surface area contributed by atoms with Gasteiger partial charge in [-0.3, -0.25) is 9.59 Å². The van der Waals surface area contributed by atoms with Gasteiger partial charge in [-0.1, -0.05) is 0 Å². The molecule has 1 heterocycles. The first-order chi connectivity index (χ1) is 9.75. The predicted octanol–water partition coefficient (Wildman–Crippen LogP) is -1.68. The summed E-state index contributed by atoms with van der Waals surface area (Å²) in [6.07, 6.45) is 1.16. The van der Waals surface area contributed by atoms with Gasteiger partial charge < -0.3 is 15.4 Å². The molecule has 0 aromatic rings. The molecule has 0 aliphatic carbocycles. The predicted molar refractivity (Wildman–Crippen MR) is 80.3 cm³/mol. The van der Waals surface area contributed by atoms with Crippen molar-refractivity contribution in [1.82, 2.24) is 9.21 Å². The Bertz CT molecular complexity index is 474. The van der Waals surface area contributed by atoms with Crippen molar-refractivity contribution in [2.45, 2.75) is 6.04 Å². The molecule has 1 aliphatic heterocycles. The number of carbonyl (C=O) groups excluding carboxylic acids is 2. The Kier molecular flexibility index (Phi) is 6.91. The normalized spacial score (nSPS) is 18.3. The number of nitrogens with two attached hydrogens (primary N) is 1. The molecule has 122 valence electrons.